The van der Waals surface area contributed by atoms with Gasteiger partial charge in [-0.3, -0.25) is 9.80 Å². The van der Waals surface area contributed by atoms with Crippen molar-refractivity contribution in [1.29, 1.82) is 0 Å². The van der Waals surface area contributed by atoms with Crippen LogP contribution in [-0.4, -0.2) is 53.2 Å². The average Bonchev–Trinajstić information content (AvgIpc) is 3.00. The molecule has 2 aromatic rings. The molecule has 1 aliphatic carbocycles. The predicted octanol–water partition coefficient (Wildman–Crippen LogP) is 5.09. The van der Waals surface area contributed by atoms with Gasteiger partial charge in [0.15, 0.2) is 0 Å². The first-order valence-corrected chi connectivity index (χ1v) is 12.1. The zero-order valence-electron chi connectivity index (χ0n) is 19.7. The molecule has 5 rings (SSSR count). The third-order valence-corrected chi connectivity index (χ3v) is 8.27. The van der Waals surface area contributed by atoms with E-state index in [1.165, 1.54) is 27.5 Å². The maximum Gasteiger partial charge on any atom is 0.0911 e. The first-order chi connectivity index (χ1) is 15.4. The Kier molecular flexibility index (Phi) is 5.83. The van der Waals surface area contributed by atoms with E-state index in [0.717, 1.165) is 39.1 Å². The molecule has 0 spiro atoms. The molecule has 3 aliphatic rings. The highest BCUT2D eigenvalue weighted by Crippen LogP contribution is 2.46. The number of nitrogens with zero attached hydrogens (tertiary/aromatic N) is 2. The van der Waals surface area contributed by atoms with Crippen LogP contribution >= 0.6 is 0 Å². The first kappa shape index (κ1) is 21.6. The molecule has 2 heterocycles. The second-order valence-electron chi connectivity index (χ2n) is 10.4. The van der Waals surface area contributed by atoms with Crippen LogP contribution in [0.1, 0.15) is 31.4 Å². The van der Waals surface area contributed by atoms with Crippen LogP contribution in [-0.2, 0) is 6.54 Å². The number of hydrogen-bond donors (Lipinski definition) is 1. The van der Waals surface area contributed by atoms with Crippen LogP contribution < -0.4 is 0 Å². The maximum atomic E-state index is 10.3. The number of fused-ring (bicyclic) bond motifs is 2. The van der Waals surface area contributed by atoms with E-state index in [4.69, 9.17) is 0 Å². The number of aliphatic hydroxyl groups is 1. The van der Waals surface area contributed by atoms with Gasteiger partial charge < -0.3 is 5.11 Å². The predicted molar refractivity (Wildman–Crippen MR) is 134 cm³/mol. The molecule has 2 fully saturated rings. The lowest BCUT2D eigenvalue weighted by atomic mass is 9.64. The lowest BCUT2D eigenvalue weighted by molar-refractivity contribution is -0.0191. The van der Waals surface area contributed by atoms with Gasteiger partial charge in [-0.15, -0.1) is 0 Å². The molecule has 3 heteroatoms. The van der Waals surface area contributed by atoms with Gasteiger partial charge in [0, 0.05) is 38.8 Å². The zero-order chi connectivity index (χ0) is 22.3. The molecule has 0 amide bonds. The summed E-state index contributed by atoms with van der Waals surface area (Å²) >= 11 is 0. The van der Waals surface area contributed by atoms with Crippen molar-refractivity contribution < 1.29 is 5.11 Å². The smallest absolute Gasteiger partial charge is 0.0911 e. The number of piperidine rings is 1. The molecular weight excluding hydrogens is 392 g/mol. The van der Waals surface area contributed by atoms with E-state index < -0.39 is 6.10 Å². The largest absolute Gasteiger partial charge is 0.385 e. The second kappa shape index (κ2) is 8.62. The van der Waals surface area contributed by atoms with E-state index in [2.05, 4.69) is 85.2 Å². The summed E-state index contributed by atoms with van der Waals surface area (Å²) in [5.41, 5.74) is 4.18. The van der Waals surface area contributed by atoms with Crippen LogP contribution in [0.25, 0.3) is 10.8 Å². The van der Waals surface area contributed by atoms with Crippen molar-refractivity contribution >= 4 is 10.8 Å². The number of rotatable bonds is 3. The van der Waals surface area contributed by atoms with Gasteiger partial charge in [-0.25, -0.2) is 0 Å². The molecule has 0 bridgehead atoms. The topological polar surface area (TPSA) is 26.7 Å². The van der Waals surface area contributed by atoms with Crippen molar-refractivity contribution in [2.75, 3.05) is 26.2 Å². The molecule has 3 nitrogen and oxygen atoms in total. The van der Waals surface area contributed by atoms with Crippen molar-refractivity contribution in [2.24, 2.45) is 11.3 Å². The number of allylic oxidation sites excluding steroid dienone is 4. The molecule has 2 saturated heterocycles. The molecule has 0 saturated carbocycles. The van der Waals surface area contributed by atoms with Crippen LogP contribution in [0.2, 0.25) is 0 Å². The molecular formula is C29H36N2O. The van der Waals surface area contributed by atoms with Gasteiger partial charge in [0.05, 0.1) is 6.10 Å². The molecule has 32 heavy (non-hydrogen) atoms. The van der Waals surface area contributed by atoms with E-state index in [1.54, 1.807) is 0 Å². The molecule has 2 aliphatic heterocycles. The Morgan fingerprint density at radius 1 is 1.03 bits per heavy atom. The molecule has 4 atom stereocenters. The number of benzene rings is 2. The fourth-order valence-corrected chi connectivity index (χ4v) is 6.11. The average molecular weight is 429 g/mol. The minimum Gasteiger partial charge on any atom is -0.385 e. The van der Waals surface area contributed by atoms with Crippen molar-refractivity contribution in [1.82, 2.24) is 9.80 Å². The van der Waals surface area contributed by atoms with Crippen LogP contribution in [0.3, 0.4) is 0 Å². The van der Waals surface area contributed by atoms with Crippen molar-refractivity contribution in [3.05, 3.63) is 83.5 Å². The van der Waals surface area contributed by atoms with Crippen LogP contribution in [0.4, 0.5) is 0 Å². The number of aryl methyl sites for hydroxylation is 1. The maximum absolute atomic E-state index is 10.3. The highest BCUT2D eigenvalue weighted by Gasteiger charge is 2.45. The van der Waals surface area contributed by atoms with Crippen LogP contribution in [0, 0.1) is 18.3 Å². The number of hydrogen-bond acceptors (Lipinski definition) is 3. The quantitative estimate of drug-likeness (QED) is 0.737. The summed E-state index contributed by atoms with van der Waals surface area (Å²) in [4.78, 5) is 5.37. The van der Waals surface area contributed by atoms with E-state index in [-0.39, 0.29) is 5.41 Å². The summed E-state index contributed by atoms with van der Waals surface area (Å²) in [5, 5.41) is 13.1. The summed E-state index contributed by atoms with van der Waals surface area (Å²) in [5.74, 6) is 0.563. The Balaban J connectivity index is 1.36. The minimum atomic E-state index is -0.486. The molecule has 2 aromatic carbocycles. The number of piperazine rings is 1. The number of aliphatic hydroxyl groups excluding tert-OH is 1. The third kappa shape index (κ3) is 3.98. The summed E-state index contributed by atoms with van der Waals surface area (Å²) < 4.78 is 0. The van der Waals surface area contributed by atoms with Gasteiger partial charge in [-0.1, -0.05) is 74.5 Å². The fraction of sp³-hybridized carbons (Fsp3) is 0.448. The summed E-state index contributed by atoms with van der Waals surface area (Å²) in [6.45, 7) is 12.6. The normalized spacial score (nSPS) is 31.4. The Labute approximate surface area is 192 Å². The van der Waals surface area contributed by atoms with Gasteiger partial charge in [0.1, 0.15) is 0 Å². The zero-order valence-corrected chi connectivity index (χ0v) is 19.7. The Morgan fingerprint density at radius 2 is 1.84 bits per heavy atom. The van der Waals surface area contributed by atoms with Gasteiger partial charge >= 0.3 is 0 Å². The summed E-state index contributed by atoms with van der Waals surface area (Å²) in [7, 11) is 0. The fourth-order valence-electron chi connectivity index (χ4n) is 6.11. The minimum absolute atomic E-state index is 0.0875. The second-order valence-corrected chi connectivity index (χ2v) is 10.4. The van der Waals surface area contributed by atoms with E-state index >= 15 is 0 Å². The van der Waals surface area contributed by atoms with E-state index in [9.17, 15) is 5.11 Å². The SMILES string of the molecule is Cc1cccc2c(CN3CCN4CC(C)[C@](C)(C5=CC(O)C=CC=C5)CC4C3)cccc12. The van der Waals surface area contributed by atoms with Gasteiger partial charge in [0.2, 0.25) is 0 Å². The monoisotopic (exact) mass is 428 g/mol. The first-order valence-electron chi connectivity index (χ1n) is 12.1. The van der Waals surface area contributed by atoms with Crippen LogP contribution in [0.15, 0.2) is 72.4 Å². The summed E-state index contributed by atoms with van der Waals surface area (Å²) in [6, 6.07) is 14.0. The third-order valence-electron chi connectivity index (χ3n) is 8.27. The van der Waals surface area contributed by atoms with E-state index in [1.807, 2.05) is 12.2 Å². The standard InChI is InChI=1S/C29H36N2O/c1-21-8-6-13-28-23(9-7-12-27(21)28)19-30-14-15-31-18-22(2)29(3,17-25(31)20-30)24-10-4-5-11-26(32)16-24/h4-13,16,22,25-26,32H,14-15,17-20H2,1-3H3/t22?,25?,26?,29-/m1/s1. The molecule has 0 radical (unpaired) electrons. The molecule has 0 aromatic heterocycles. The van der Waals surface area contributed by atoms with Gasteiger partial charge in [-0.2, -0.15) is 0 Å². The van der Waals surface area contributed by atoms with Crippen molar-refractivity contribution in [3.63, 3.8) is 0 Å². The molecule has 1 N–H and O–H groups in total. The van der Waals surface area contributed by atoms with Crippen molar-refractivity contribution in [2.45, 2.75) is 45.9 Å². The Bertz CT molecular complexity index is 1080. The summed E-state index contributed by atoms with van der Waals surface area (Å²) in [6.07, 6.45) is 10.8. The highest BCUT2D eigenvalue weighted by atomic mass is 16.3. The Morgan fingerprint density at radius 3 is 2.72 bits per heavy atom. The Hall–Kier alpha value is -2.20. The lowest BCUT2D eigenvalue weighted by Crippen LogP contribution is -2.60. The van der Waals surface area contributed by atoms with Gasteiger partial charge in [0.25, 0.3) is 0 Å². The van der Waals surface area contributed by atoms with Crippen LogP contribution in [0.5, 0.6) is 0 Å². The lowest BCUT2D eigenvalue weighted by Gasteiger charge is -2.53. The van der Waals surface area contributed by atoms with E-state index in [0.29, 0.717) is 12.0 Å². The highest BCUT2D eigenvalue weighted by molar-refractivity contribution is 5.88. The van der Waals surface area contributed by atoms with Crippen molar-refractivity contribution in [3.8, 4) is 0 Å². The molecule has 168 valence electrons. The van der Waals surface area contributed by atoms with Gasteiger partial charge in [-0.05, 0) is 58.2 Å². The molecule has 3 unspecified atom stereocenters.